The zero-order chi connectivity index (χ0) is 21.6. The summed E-state index contributed by atoms with van der Waals surface area (Å²) in [5.41, 5.74) is 0.401. The van der Waals surface area contributed by atoms with Crippen molar-refractivity contribution in [1.29, 1.82) is 0 Å². The van der Waals surface area contributed by atoms with E-state index in [9.17, 15) is 14.4 Å². The quantitative estimate of drug-likeness (QED) is 0.199. The lowest BCUT2D eigenvalue weighted by molar-refractivity contribution is -0.145. The molecule has 1 heterocycles. The molecule has 0 aromatic heterocycles. The first-order chi connectivity index (χ1) is 13.8. The topological polar surface area (TPSA) is 94.2 Å². The van der Waals surface area contributed by atoms with Crippen molar-refractivity contribution in [1.82, 2.24) is 10.2 Å². The lowest BCUT2D eigenvalue weighted by Gasteiger charge is -2.27. The fourth-order valence-electron chi connectivity index (χ4n) is 2.42. The average Bonchev–Trinajstić information content (AvgIpc) is 2.68. The maximum absolute atomic E-state index is 12.7. The Labute approximate surface area is 181 Å². The van der Waals surface area contributed by atoms with Crippen LogP contribution in [0.3, 0.4) is 0 Å². The molecule has 2 amide bonds. The van der Waals surface area contributed by atoms with Gasteiger partial charge in [-0.25, -0.2) is 4.79 Å². The number of methoxy groups -OCH3 is 1. The Bertz CT molecular complexity index is 899. The fourth-order valence-corrected chi connectivity index (χ4v) is 3.10. The van der Waals surface area contributed by atoms with Gasteiger partial charge in [-0.3, -0.25) is 19.8 Å². The molecule has 1 aromatic carbocycles. The van der Waals surface area contributed by atoms with Gasteiger partial charge < -0.3 is 14.2 Å². The minimum absolute atomic E-state index is 0.0245. The number of thiocarbonyl (C=S) groups is 1. The molecule has 1 N–H and O–H groups in total. The van der Waals surface area contributed by atoms with Gasteiger partial charge in [-0.1, -0.05) is 22.0 Å². The molecule has 1 fully saturated rings. The van der Waals surface area contributed by atoms with Gasteiger partial charge in [-0.15, -0.1) is 6.58 Å². The Morgan fingerprint density at radius 1 is 1.34 bits per heavy atom. The number of halogens is 1. The highest BCUT2D eigenvalue weighted by molar-refractivity contribution is 9.10. The summed E-state index contributed by atoms with van der Waals surface area (Å²) in [5, 5.41) is 2.50. The monoisotopic (exact) mass is 482 g/mol. The number of hydrogen-bond acceptors (Lipinski definition) is 7. The number of nitrogens with one attached hydrogen (secondary N) is 1. The predicted octanol–water partition coefficient (Wildman–Crippen LogP) is 2.21. The SMILES string of the molecule is C=CCN1C(=O)/C(=C\c2cc(OC)c(OCC(=O)OCC)cc2Br)C(=O)NC1=S. The van der Waals surface area contributed by atoms with Gasteiger partial charge in [-0.2, -0.15) is 0 Å². The minimum Gasteiger partial charge on any atom is -0.493 e. The van der Waals surface area contributed by atoms with Gasteiger partial charge in [0.2, 0.25) is 0 Å². The van der Waals surface area contributed by atoms with Crippen molar-refractivity contribution in [2.45, 2.75) is 6.92 Å². The largest absolute Gasteiger partial charge is 0.493 e. The molecule has 0 aliphatic carbocycles. The van der Waals surface area contributed by atoms with Crippen molar-refractivity contribution in [2.24, 2.45) is 0 Å². The Hall–Kier alpha value is -2.72. The highest BCUT2D eigenvalue weighted by Gasteiger charge is 2.32. The number of carbonyl (C=O) groups is 3. The number of ether oxygens (including phenoxy) is 3. The molecule has 1 aliphatic heterocycles. The third-order valence-corrected chi connectivity index (χ3v) is 4.74. The first kappa shape index (κ1) is 22.6. The lowest BCUT2D eigenvalue weighted by Crippen LogP contribution is -2.53. The van der Waals surface area contributed by atoms with E-state index in [4.69, 9.17) is 26.4 Å². The first-order valence-corrected chi connectivity index (χ1v) is 9.68. The predicted molar refractivity (Wildman–Crippen MR) is 113 cm³/mol. The number of benzene rings is 1. The summed E-state index contributed by atoms with van der Waals surface area (Å²) >= 11 is 8.41. The number of amides is 2. The van der Waals surface area contributed by atoms with E-state index in [1.807, 2.05) is 0 Å². The van der Waals surface area contributed by atoms with Gasteiger partial charge in [0.1, 0.15) is 5.57 Å². The third kappa shape index (κ3) is 5.42. The summed E-state index contributed by atoms with van der Waals surface area (Å²) in [6.07, 6.45) is 2.92. The molecule has 1 saturated heterocycles. The molecule has 0 unspecified atom stereocenters. The van der Waals surface area contributed by atoms with Gasteiger partial charge in [0, 0.05) is 11.0 Å². The summed E-state index contributed by atoms with van der Waals surface area (Å²) in [6.45, 7) is 5.41. The second-order valence-electron chi connectivity index (χ2n) is 5.64. The zero-order valence-electron chi connectivity index (χ0n) is 15.8. The number of esters is 1. The van der Waals surface area contributed by atoms with Gasteiger partial charge in [0.15, 0.2) is 23.2 Å². The Morgan fingerprint density at radius 2 is 2.07 bits per heavy atom. The Morgan fingerprint density at radius 3 is 2.69 bits per heavy atom. The number of rotatable bonds is 8. The van der Waals surface area contributed by atoms with Crippen LogP contribution in [-0.4, -0.2) is 54.7 Å². The molecule has 1 aliphatic rings. The Balaban J connectivity index is 2.35. The second kappa shape index (κ2) is 10.2. The summed E-state index contributed by atoms with van der Waals surface area (Å²) in [5.74, 6) is -1.05. The van der Waals surface area contributed by atoms with E-state index in [1.165, 1.54) is 24.2 Å². The zero-order valence-corrected chi connectivity index (χ0v) is 18.2. The van der Waals surface area contributed by atoms with Crippen molar-refractivity contribution in [2.75, 3.05) is 26.9 Å². The highest BCUT2D eigenvalue weighted by Crippen LogP contribution is 2.35. The molecular formula is C19H19BrN2O6S. The van der Waals surface area contributed by atoms with Crippen molar-refractivity contribution in [3.63, 3.8) is 0 Å². The van der Waals surface area contributed by atoms with Crippen molar-refractivity contribution >= 4 is 57.1 Å². The van der Waals surface area contributed by atoms with Crippen LogP contribution < -0.4 is 14.8 Å². The third-order valence-electron chi connectivity index (χ3n) is 3.73. The molecule has 0 atom stereocenters. The van der Waals surface area contributed by atoms with Crippen LogP contribution in [0.2, 0.25) is 0 Å². The van der Waals surface area contributed by atoms with E-state index in [0.29, 0.717) is 21.5 Å². The summed E-state index contributed by atoms with van der Waals surface area (Å²) in [6, 6.07) is 3.14. The maximum atomic E-state index is 12.7. The number of carbonyl (C=O) groups excluding carboxylic acids is 3. The molecule has 154 valence electrons. The van der Waals surface area contributed by atoms with Crippen molar-refractivity contribution in [3.05, 3.63) is 40.4 Å². The Kier molecular flexibility index (Phi) is 7.91. The van der Waals surface area contributed by atoms with E-state index >= 15 is 0 Å². The molecule has 0 spiro atoms. The number of nitrogens with zero attached hydrogens (tertiary/aromatic N) is 1. The molecule has 0 saturated carbocycles. The van der Waals surface area contributed by atoms with Gasteiger partial charge in [0.05, 0.1) is 13.7 Å². The minimum atomic E-state index is -0.603. The van der Waals surface area contributed by atoms with Crippen LogP contribution in [0.5, 0.6) is 11.5 Å². The smallest absolute Gasteiger partial charge is 0.344 e. The molecule has 29 heavy (non-hydrogen) atoms. The van der Waals surface area contributed by atoms with Crippen molar-refractivity contribution < 1.29 is 28.6 Å². The van der Waals surface area contributed by atoms with Gasteiger partial charge in [0.25, 0.3) is 11.8 Å². The standard InChI is InChI=1S/C19H19BrN2O6S/c1-4-6-22-18(25)12(17(24)21-19(22)29)7-11-8-14(26-3)15(9-13(11)20)28-10-16(23)27-5-2/h4,7-9H,1,5-6,10H2,2-3H3,(H,21,24,29)/b12-7-. The highest BCUT2D eigenvalue weighted by atomic mass is 79.9. The first-order valence-electron chi connectivity index (χ1n) is 8.48. The van der Waals surface area contributed by atoms with Crippen LogP contribution in [0, 0.1) is 0 Å². The van der Waals surface area contributed by atoms with Crippen LogP contribution in [0.15, 0.2) is 34.8 Å². The normalized spacial score (nSPS) is 15.2. The molecule has 0 radical (unpaired) electrons. The van der Waals surface area contributed by atoms with Crippen LogP contribution in [-0.2, 0) is 19.1 Å². The van der Waals surface area contributed by atoms with E-state index in [0.717, 1.165) is 0 Å². The summed E-state index contributed by atoms with van der Waals surface area (Å²) in [4.78, 5) is 37.7. The van der Waals surface area contributed by atoms with Crippen LogP contribution in [0.25, 0.3) is 6.08 Å². The molecule has 1 aromatic rings. The fraction of sp³-hybridized carbons (Fsp3) is 0.263. The second-order valence-corrected chi connectivity index (χ2v) is 6.88. The molecular weight excluding hydrogens is 464 g/mol. The maximum Gasteiger partial charge on any atom is 0.344 e. The average molecular weight is 483 g/mol. The van der Waals surface area contributed by atoms with E-state index in [2.05, 4.69) is 27.8 Å². The van der Waals surface area contributed by atoms with Gasteiger partial charge in [-0.05, 0) is 42.9 Å². The summed E-state index contributed by atoms with van der Waals surface area (Å²) < 4.78 is 16.1. The van der Waals surface area contributed by atoms with E-state index < -0.39 is 17.8 Å². The number of hydrogen-bond donors (Lipinski definition) is 1. The molecule has 0 bridgehead atoms. The molecule has 2 rings (SSSR count). The molecule has 10 heteroatoms. The van der Waals surface area contributed by atoms with Crippen LogP contribution in [0.1, 0.15) is 12.5 Å². The molecule has 8 nitrogen and oxygen atoms in total. The van der Waals surface area contributed by atoms with Gasteiger partial charge >= 0.3 is 5.97 Å². The lowest BCUT2D eigenvalue weighted by atomic mass is 10.1. The van der Waals surface area contributed by atoms with Crippen molar-refractivity contribution in [3.8, 4) is 11.5 Å². The van der Waals surface area contributed by atoms with E-state index in [-0.39, 0.29) is 30.4 Å². The summed E-state index contributed by atoms with van der Waals surface area (Å²) in [7, 11) is 1.43. The van der Waals surface area contributed by atoms with Crippen LogP contribution in [0.4, 0.5) is 0 Å². The van der Waals surface area contributed by atoms with E-state index in [1.54, 1.807) is 19.1 Å². The van der Waals surface area contributed by atoms with Crippen LogP contribution >= 0.6 is 28.1 Å².